The quantitative estimate of drug-likeness (QED) is 0.579. The maximum Gasteiger partial charge on any atom is 0.261 e. The van der Waals surface area contributed by atoms with E-state index in [4.69, 9.17) is 14.2 Å². The zero-order valence-corrected chi connectivity index (χ0v) is 18.5. The van der Waals surface area contributed by atoms with Crippen LogP contribution in [0, 0.1) is 0 Å². The fraction of sp³-hybridized carbons (Fsp3) is 0.346. The minimum atomic E-state index is -0.592. The maximum absolute atomic E-state index is 13.3. The summed E-state index contributed by atoms with van der Waals surface area (Å²) in [5.74, 6) is 2.09. The lowest BCUT2D eigenvalue weighted by atomic mass is 9.89. The average Bonchev–Trinajstić information content (AvgIpc) is 2.76. The molecule has 0 saturated heterocycles. The van der Waals surface area contributed by atoms with Crippen molar-refractivity contribution < 1.29 is 19.0 Å². The highest BCUT2D eigenvalue weighted by Crippen LogP contribution is 2.41. The normalized spacial score (nSPS) is 17.9. The molecule has 0 spiro atoms. The first-order chi connectivity index (χ1) is 14.9. The molecule has 0 radical (unpaired) electrons. The monoisotopic (exact) mass is 419 g/mol. The van der Waals surface area contributed by atoms with Crippen molar-refractivity contribution in [3.8, 4) is 17.2 Å². The van der Waals surface area contributed by atoms with Gasteiger partial charge < -0.3 is 19.5 Å². The van der Waals surface area contributed by atoms with Gasteiger partial charge in [-0.15, -0.1) is 0 Å². The number of hydrogen-bond donors (Lipinski definition) is 1. The van der Waals surface area contributed by atoms with Crippen LogP contribution in [0.15, 0.2) is 60.7 Å². The first kappa shape index (κ1) is 21.0. The molecule has 1 N–H and O–H groups in total. The highest BCUT2D eigenvalue weighted by molar-refractivity contribution is 5.89. The number of rotatable bonds is 6. The predicted molar refractivity (Wildman–Crippen MR) is 122 cm³/mol. The number of methoxy groups -OCH3 is 1. The van der Waals surface area contributed by atoms with E-state index >= 15 is 0 Å². The van der Waals surface area contributed by atoms with Crippen molar-refractivity contribution in [2.24, 2.45) is 0 Å². The second kappa shape index (κ2) is 8.50. The molecule has 162 valence electrons. The Morgan fingerprint density at radius 1 is 1.16 bits per heavy atom. The topological polar surface area (TPSA) is 56.8 Å². The molecule has 0 fully saturated rings. The van der Waals surface area contributed by atoms with Gasteiger partial charge in [-0.05, 0) is 49.9 Å². The molecule has 1 aliphatic rings. The molecule has 3 aromatic rings. The number of nitrogens with one attached hydrogen (secondary N) is 1. The van der Waals surface area contributed by atoms with Gasteiger partial charge in [-0.3, -0.25) is 4.79 Å². The van der Waals surface area contributed by atoms with Crippen molar-refractivity contribution in [2.75, 3.05) is 7.11 Å². The molecule has 1 aliphatic heterocycles. The molecule has 1 heterocycles. The Labute approximate surface area is 183 Å². The molecule has 0 bridgehead atoms. The molecule has 0 aromatic heterocycles. The summed E-state index contributed by atoms with van der Waals surface area (Å²) in [6.07, 6.45) is 0.627. The minimum absolute atomic E-state index is 0.132. The summed E-state index contributed by atoms with van der Waals surface area (Å²) in [4.78, 5) is 13.3. The van der Waals surface area contributed by atoms with Crippen LogP contribution >= 0.6 is 0 Å². The zero-order chi connectivity index (χ0) is 22.0. The van der Waals surface area contributed by atoms with Gasteiger partial charge in [0.2, 0.25) is 0 Å². The van der Waals surface area contributed by atoms with Crippen LogP contribution in [0.3, 0.4) is 0 Å². The van der Waals surface area contributed by atoms with Crippen LogP contribution in [0.2, 0.25) is 0 Å². The van der Waals surface area contributed by atoms with Crippen LogP contribution in [0.4, 0.5) is 0 Å². The van der Waals surface area contributed by atoms with Crippen molar-refractivity contribution >= 4 is 16.7 Å². The van der Waals surface area contributed by atoms with Crippen LogP contribution in [0.5, 0.6) is 17.2 Å². The van der Waals surface area contributed by atoms with Gasteiger partial charge in [-0.1, -0.05) is 43.3 Å². The average molecular weight is 420 g/mol. The molecule has 0 saturated carbocycles. The van der Waals surface area contributed by atoms with Gasteiger partial charge in [0, 0.05) is 17.4 Å². The Bertz CT molecular complexity index is 1090. The van der Waals surface area contributed by atoms with Crippen LogP contribution in [0.1, 0.15) is 45.2 Å². The molecule has 5 heteroatoms. The SMILES string of the molecule is CC[C@H](Oc1cccc2ccccc12)C(=O)N[C@@H]1CC(C)(C)Oc2ccc(OC)cc21. The highest BCUT2D eigenvalue weighted by atomic mass is 16.5. The van der Waals surface area contributed by atoms with Crippen molar-refractivity contribution in [2.45, 2.75) is 51.4 Å². The zero-order valence-electron chi connectivity index (χ0n) is 18.5. The number of carbonyl (C=O) groups is 1. The summed E-state index contributed by atoms with van der Waals surface area (Å²) in [6.45, 7) is 6.02. The molecule has 0 aliphatic carbocycles. The number of amides is 1. The van der Waals surface area contributed by atoms with Gasteiger partial charge in [0.25, 0.3) is 5.91 Å². The standard InChI is InChI=1S/C26H29NO4/c1-5-22(30-23-12-8-10-17-9-6-7-11-19(17)23)25(28)27-21-16-26(2,3)31-24-14-13-18(29-4)15-20(21)24/h6-15,21-22H,5,16H2,1-4H3,(H,27,28)/t21-,22+/m1/s1. The first-order valence-electron chi connectivity index (χ1n) is 10.7. The van der Waals surface area contributed by atoms with E-state index < -0.39 is 11.7 Å². The van der Waals surface area contributed by atoms with Gasteiger partial charge in [-0.2, -0.15) is 0 Å². The fourth-order valence-electron chi connectivity index (χ4n) is 4.13. The summed E-state index contributed by atoms with van der Waals surface area (Å²) in [5.41, 5.74) is 0.532. The molecule has 4 rings (SSSR count). The largest absolute Gasteiger partial charge is 0.497 e. The van der Waals surface area contributed by atoms with Crippen molar-refractivity contribution in [1.29, 1.82) is 0 Å². The summed E-state index contributed by atoms with van der Waals surface area (Å²) in [6, 6.07) is 19.4. The molecule has 0 unspecified atom stereocenters. The molecule has 3 aromatic carbocycles. The van der Waals surface area contributed by atoms with Crippen LogP contribution in [-0.2, 0) is 4.79 Å². The number of benzene rings is 3. The van der Waals surface area contributed by atoms with E-state index in [9.17, 15) is 4.79 Å². The Hall–Kier alpha value is -3.21. The van der Waals surface area contributed by atoms with E-state index in [0.29, 0.717) is 12.8 Å². The van der Waals surface area contributed by atoms with Crippen LogP contribution in [0.25, 0.3) is 10.8 Å². The third-order valence-electron chi connectivity index (χ3n) is 5.67. The van der Waals surface area contributed by atoms with Crippen LogP contribution in [-0.4, -0.2) is 24.7 Å². The van der Waals surface area contributed by atoms with Gasteiger partial charge in [-0.25, -0.2) is 0 Å². The molecular weight excluding hydrogens is 390 g/mol. The predicted octanol–water partition coefficient (Wildman–Crippen LogP) is 5.42. The lowest BCUT2D eigenvalue weighted by molar-refractivity contribution is -0.129. The minimum Gasteiger partial charge on any atom is -0.497 e. The Balaban J connectivity index is 1.57. The van der Waals surface area contributed by atoms with Crippen molar-refractivity contribution in [3.05, 3.63) is 66.2 Å². The van der Waals surface area contributed by atoms with E-state index in [1.807, 2.05) is 81.4 Å². The van der Waals surface area contributed by atoms with Crippen LogP contribution < -0.4 is 19.5 Å². The third-order valence-corrected chi connectivity index (χ3v) is 5.67. The second-order valence-corrected chi connectivity index (χ2v) is 8.52. The number of fused-ring (bicyclic) bond motifs is 2. The van der Waals surface area contributed by atoms with E-state index in [2.05, 4.69) is 5.32 Å². The Morgan fingerprint density at radius 2 is 1.94 bits per heavy atom. The summed E-state index contributed by atoms with van der Waals surface area (Å²) < 4.78 is 17.7. The first-order valence-corrected chi connectivity index (χ1v) is 10.7. The van der Waals surface area contributed by atoms with E-state index in [0.717, 1.165) is 33.6 Å². The van der Waals surface area contributed by atoms with E-state index in [1.54, 1.807) is 7.11 Å². The summed E-state index contributed by atoms with van der Waals surface area (Å²) in [7, 11) is 1.63. The third kappa shape index (κ3) is 4.46. The molecule has 2 atom stereocenters. The van der Waals surface area contributed by atoms with E-state index in [1.165, 1.54) is 0 Å². The highest BCUT2D eigenvalue weighted by Gasteiger charge is 2.36. The van der Waals surface area contributed by atoms with Gasteiger partial charge in [0.1, 0.15) is 22.8 Å². The molecule has 1 amide bonds. The summed E-state index contributed by atoms with van der Waals surface area (Å²) in [5, 5.41) is 5.29. The second-order valence-electron chi connectivity index (χ2n) is 8.52. The Kier molecular flexibility index (Phi) is 5.77. The molecule has 31 heavy (non-hydrogen) atoms. The Morgan fingerprint density at radius 3 is 2.71 bits per heavy atom. The fourth-order valence-corrected chi connectivity index (χ4v) is 4.13. The number of ether oxygens (including phenoxy) is 3. The smallest absolute Gasteiger partial charge is 0.261 e. The van der Waals surface area contributed by atoms with E-state index in [-0.39, 0.29) is 11.9 Å². The number of carbonyl (C=O) groups excluding carboxylic acids is 1. The van der Waals surface area contributed by atoms with Gasteiger partial charge in [0.05, 0.1) is 13.2 Å². The lowest BCUT2D eigenvalue weighted by Crippen LogP contribution is -2.45. The molecule has 5 nitrogen and oxygen atoms in total. The van der Waals surface area contributed by atoms with Gasteiger partial charge in [0.15, 0.2) is 6.10 Å². The van der Waals surface area contributed by atoms with Crippen molar-refractivity contribution in [1.82, 2.24) is 5.32 Å². The molecular formula is C26H29NO4. The van der Waals surface area contributed by atoms with Gasteiger partial charge >= 0.3 is 0 Å². The summed E-state index contributed by atoms with van der Waals surface area (Å²) >= 11 is 0. The van der Waals surface area contributed by atoms with Crippen molar-refractivity contribution in [3.63, 3.8) is 0 Å². The number of hydrogen-bond acceptors (Lipinski definition) is 4. The maximum atomic E-state index is 13.3. The lowest BCUT2D eigenvalue weighted by Gasteiger charge is -2.38.